The molecule has 0 bridgehead atoms. The first-order valence-electron chi connectivity index (χ1n) is 2.32. The van der Waals surface area contributed by atoms with E-state index in [-0.39, 0.29) is 23.1 Å². The van der Waals surface area contributed by atoms with E-state index in [0.29, 0.717) is 0 Å². The maximum atomic E-state index is 9.53. The Hall–Kier alpha value is 0.196. The van der Waals surface area contributed by atoms with Gasteiger partial charge in [-0.1, -0.05) is 13.8 Å². The SMILES string of the molecule is CC(=O)O.CC(C)[O-].[Mg+]. The Morgan fingerprint density at radius 3 is 1.56 bits per heavy atom. The molecule has 0 aromatic carbocycles. The maximum absolute atomic E-state index is 9.53. The van der Waals surface area contributed by atoms with Gasteiger partial charge in [-0.05, 0) is 0 Å². The van der Waals surface area contributed by atoms with E-state index in [0.717, 1.165) is 6.92 Å². The molecular weight excluding hydrogens is 132 g/mol. The fourth-order valence-corrected chi connectivity index (χ4v) is 0. The molecule has 0 aliphatic carbocycles. The molecule has 0 aliphatic rings. The van der Waals surface area contributed by atoms with Crippen molar-refractivity contribution < 1.29 is 15.0 Å². The van der Waals surface area contributed by atoms with E-state index >= 15 is 0 Å². The van der Waals surface area contributed by atoms with E-state index in [2.05, 4.69) is 0 Å². The standard InChI is InChI=1S/C3H7O.C2H4O2.Mg/c1-3(2)4;1-2(3)4;/h3H,1-2H3;1H3,(H,3,4);/q-1;;+1. The average molecular weight is 143 g/mol. The first-order valence-corrected chi connectivity index (χ1v) is 2.32. The van der Waals surface area contributed by atoms with Crippen LogP contribution in [0.5, 0.6) is 0 Å². The Balaban J connectivity index is -0.0000000720. The van der Waals surface area contributed by atoms with Crippen molar-refractivity contribution in [2.24, 2.45) is 0 Å². The van der Waals surface area contributed by atoms with Gasteiger partial charge in [-0.2, -0.15) is 0 Å². The third-order valence-corrected chi connectivity index (χ3v) is 0. The van der Waals surface area contributed by atoms with Crippen molar-refractivity contribution in [2.45, 2.75) is 26.9 Å². The summed E-state index contributed by atoms with van der Waals surface area (Å²) in [6.07, 6.45) is -0.417. The van der Waals surface area contributed by atoms with Gasteiger partial charge in [0.05, 0.1) is 0 Å². The minimum absolute atomic E-state index is 0. The number of carboxylic acid groups (broad SMARTS) is 1. The zero-order valence-corrected chi connectivity index (χ0v) is 7.46. The normalized spacial score (nSPS) is 6.78. The molecule has 3 nitrogen and oxygen atoms in total. The molecule has 0 fully saturated rings. The molecule has 0 spiro atoms. The molecule has 0 aliphatic heterocycles. The van der Waals surface area contributed by atoms with Crippen molar-refractivity contribution in [3.63, 3.8) is 0 Å². The van der Waals surface area contributed by atoms with Gasteiger partial charge < -0.3 is 10.2 Å². The van der Waals surface area contributed by atoms with Crippen molar-refractivity contribution in [1.29, 1.82) is 0 Å². The van der Waals surface area contributed by atoms with E-state index in [1.807, 2.05) is 0 Å². The molecule has 4 heteroatoms. The molecule has 1 N–H and O–H groups in total. The smallest absolute Gasteiger partial charge is 0.852 e. The van der Waals surface area contributed by atoms with Crippen molar-refractivity contribution in [1.82, 2.24) is 0 Å². The van der Waals surface area contributed by atoms with Crippen molar-refractivity contribution in [3.05, 3.63) is 0 Å². The number of aliphatic carboxylic acids is 1. The van der Waals surface area contributed by atoms with Crippen LogP contribution in [0.3, 0.4) is 0 Å². The van der Waals surface area contributed by atoms with Crippen molar-refractivity contribution >= 4 is 29.0 Å². The van der Waals surface area contributed by atoms with Gasteiger partial charge in [0.25, 0.3) is 5.97 Å². The zero-order chi connectivity index (χ0) is 7.15. The molecule has 9 heavy (non-hydrogen) atoms. The van der Waals surface area contributed by atoms with E-state index in [4.69, 9.17) is 9.90 Å². The second kappa shape index (κ2) is 11.1. The van der Waals surface area contributed by atoms with Crippen LogP contribution in [-0.4, -0.2) is 40.2 Å². The predicted octanol–water partition coefficient (Wildman–Crippen LogP) is -0.535. The third kappa shape index (κ3) is 8170. The quantitative estimate of drug-likeness (QED) is 0.464. The summed E-state index contributed by atoms with van der Waals surface area (Å²) >= 11 is 0. The predicted molar refractivity (Wildman–Crippen MR) is 34.2 cm³/mol. The van der Waals surface area contributed by atoms with Crippen LogP contribution in [0.1, 0.15) is 20.8 Å². The fraction of sp³-hybridized carbons (Fsp3) is 0.800. The van der Waals surface area contributed by atoms with Gasteiger partial charge in [0, 0.05) is 6.92 Å². The molecule has 0 atom stereocenters. The average Bonchev–Trinajstić information content (AvgIpc) is 1.25. The summed E-state index contributed by atoms with van der Waals surface area (Å²) in [6.45, 7) is 4.31. The van der Waals surface area contributed by atoms with Crippen LogP contribution < -0.4 is 5.11 Å². The van der Waals surface area contributed by atoms with Crippen LogP contribution in [0.25, 0.3) is 0 Å². The van der Waals surface area contributed by atoms with Gasteiger partial charge in [-0.3, -0.25) is 4.79 Å². The number of carbonyl (C=O) groups is 1. The van der Waals surface area contributed by atoms with Crippen molar-refractivity contribution in [2.75, 3.05) is 0 Å². The van der Waals surface area contributed by atoms with E-state index in [1.165, 1.54) is 0 Å². The molecule has 0 amide bonds. The van der Waals surface area contributed by atoms with E-state index in [1.54, 1.807) is 13.8 Å². The number of carboxylic acids is 1. The van der Waals surface area contributed by atoms with Gasteiger partial charge in [-0.15, -0.1) is 6.10 Å². The van der Waals surface area contributed by atoms with Crippen LogP contribution in [0.4, 0.5) is 0 Å². The second-order valence-electron chi connectivity index (χ2n) is 1.57. The largest absolute Gasteiger partial charge is 1.00 e. The molecule has 0 aromatic heterocycles. The Kier molecular flexibility index (Phi) is 19.8. The second-order valence-corrected chi connectivity index (χ2v) is 1.57. The molecule has 1 radical (unpaired) electrons. The third-order valence-electron chi connectivity index (χ3n) is 0. The summed E-state index contributed by atoms with van der Waals surface area (Å²) < 4.78 is 0. The Bertz CT molecular complexity index is 56.5. The Morgan fingerprint density at radius 2 is 1.56 bits per heavy atom. The summed E-state index contributed by atoms with van der Waals surface area (Å²) in [5.41, 5.74) is 0. The minimum Gasteiger partial charge on any atom is -0.852 e. The summed E-state index contributed by atoms with van der Waals surface area (Å²) in [4.78, 5) is 9.00. The molecule has 51 valence electrons. The van der Waals surface area contributed by atoms with Gasteiger partial charge in [0.1, 0.15) is 0 Å². The van der Waals surface area contributed by atoms with Crippen LogP contribution in [-0.2, 0) is 4.79 Å². The van der Waals surface area contributed by atoms with Crippen LogP contribution in [0.15, 0.2) is 0 Å². The molecule has 0 rings (SSSR count). The molecular formula is C5H11MgO3. The molecule has 0 heterocycles. The Morgan fingerprint density at radius 1 is 1.56 bits per heavy atom. The van der Waals surface area contributed by atoms with E-state index in [9.17, 15) is 5.11 Å². The van der Waals surface area contributed by atoms with Gasteiger partial charge in [0.2, 0.25) is 0 Å². The van der Waals surface area contributed by atoms with E-state index < -0.39 is 12.1 Å². The van der Waals surface area contributed by atoms with Crippen LogP contribution in [0, 0.1) is 0 Å². The zero-order valence-electron chi connectivity index (χ0n) is 6.05. The fourth-order valence-electron chi connectivity index (χ4n) is 0. The summed E-state index contributed by atoms with van der Waals surface area (Å²) in [5, 5.41) is 16.9. The van der Waals surface area contributed by atoms with Gasteiger partial charge in [0.15, 0.2) is 0 Å². The van der Waals surface area contributed by atoms with Crippen molar-refractivity contribution in [3.8, 4) is 0 Å². The van der Waals surface area contributed by atoms with Crippen LogP contribution >= 0.6 is 0 Å². The first-order chi connectivity index (χ1) is 3.46. The number of rotatable bonds is 0. The molecule has 0 unspecified atom stereocenters. The maximum Gasteiger partial charge on any atom is 1.00 e. The molecule has 0 aromatic rings. The molecule has 0 saturated heterocycles. The van der Waals surface area contributed by atoms with Gasteiger partial charge in [-0.25, -0.2) is 0 Å². The summed E-state index contributed by atoms with van der Waals surface area (Å²) in [5.74, 6) is -0.833. The minimum atomic E-state index is -0.833. The first kappa shape index (κ1) is 16.1. The van der Waals surface area contributed by atoms with Gasteiger partial charge >= 0.3 is 23.1 Å². The summed E-state index contributed by atoms with van der Waals surface area (Å²) in [6, 6.07) is 0. The Labute approximate surface area is 71.2 Å². The summed E-state index contributed by atoms with van der Waals surface area (Å²) in [7, 11) is 0. The monoisotopic (exact) mass is 143 g/mol. The molecule has 0 saturated carbocycles. The van der Waals surface area contributed by atoms with Crippen LogP contribution in [0.2, 0.25) is 0 Å². The number of hydrogen-bond acceptors (Lipinski definition) is 2. The topological polar surface area (TPSA) is 60.4 Å². The number of hydrogen-bond donors (Lipinski definition) is 1.